The Labute approximate surface area is 196 Å². The van der Waals surface area contributed by atoms with E-state index in [0.717, 1.165) is 6.20 Å². The van der Waals surface area contributed by atoms with E-state index in [2.05, 4.69) is 35.7 Å². The topological polar surface area (TPSA) is 107 Å². The summed E-state index contributed by atoms with van der Waals surface area (Å²) in [5, 5.41) is 15.6. The summed E-state index contributed by atoms with van der Waals surface area (Å²) < 4.78 is 73.2. The molecule has 0 aliphatic carbocycles. The van der Waals surface area contributed by atoms with Crippen LogP contribution < -0.4 is 5.32 Å². The lowest BCUT2D eigenvalue weighted by molar-refractivity contribution is -0.138. The van der Waals surface area contributed by atoms with E-state index in [-0.39, 0.29) is 34.5 Å². The summed E-state index contributed by atoms with van der Waals surface area (Å²) >= 11 is 0.193. The number of anilines is 2. The van der Waals surface area contributed by atoms with Gasteiger partial charge in [-0.15, -0.1) is 10.2 Å². The summed E-state index contributed by atoms with van der Waals surface area (Å²) in [5.41, 5.74) is 1.37. The van der Waals surface area contributed by atoms with Crippen LogP contribution in [0.15, 0.2) is 53.4 Å². The lowest BCUT2D eigenvalue weighted by Crippen LogP contribution is -2.06. The molecule has 0 radical (unpaired) electrons. The van der Waals surface area contributed by atoms with Crippen molar-refractivity contribution in [1.82, 2.24) is 35.1 Å². The molecule has 0 spiro atoms. The molecule has 35 heavy (non-hydrogen) atoms. The molecule has 0 amide bonds. The molecule has 1 N–H and O–H groups in total. The molecule has 0 bridgehead atoms. The monoisotopic (exact) mass is 506 g/mol. The number of rotatable bonds is 6. The van der Waals surface area contributed by atoms with Gasteiger partial charge in [0.05, 0.1) is 18.4 Å². The maximum atomic E-state index is 14.3. The predicted molar refractivity (Wildman–Crippen MR) is 112 cm³/mol. The summed E-state index contributed by atoms with van der Waals surface area (Å²) in [5.74, 6) is -1.84. The minimum absolute atomic E-state index is 0.0339. The molecule has 0 aliphatic rings. The van der Waals surface area contributed by atoms with E-state index >= 15 is 0 Å². The number of aromatic nitrogens is 7. The minimum atomic E-state index is -4.68. The van der Waals surface area contributed by atoms with Gasteiger partial charge in [-0.1, -0.05) is 34.7 Å². The van der Waals surface area contributed by atoms with E-state index in [1.807, 2.05) is 0 Å². The summed E-state index contributed by atoms with van der Waals surface area (Å²) in [6.07, 6.45) is -2.50. The number of hydrogen-bond donors (Lipinski definition) is 1. The van der Waals surface area contributed by atoms with E-state index in [0.29, 0.717) is 17.0 Å². The van der Waals surface area contributed by atoms with Gasteiger partial charge >= 0.3 is 6.18 Å². The van der Waals surface area contributed by atoms with Crippen LogP contribution >= 0.6 is 11.3 Å². The first-order chi connectivity index (χ1) is 16.8. The van der Waals surface area contributed by atoms with Crippen molar-refractivity contribution in [3.63, 3.8) is 0 Å². The summed E-state index contributed by atoms with van der Waals surface area (Å²) in [7, 11) is 0. The second kappa shape index (κ2) is 8.83. The Hall–Kier alpha value is -4.27. The van der Waals surface area contributed by atoms with Crippen molar-refractivity contribution in [3.8, 4) is 22.9 Å². The predicted octanol–water partition coefficient (Wildman–Crippen LogP) is 4.94. The van der Waals surface area contributed by atoms with Gasteiger partial charge < -0.3 is 9.84 Å². The maximum absolute atomic E-state index is 14.3. The third kappa shape index (κ3) is 4.70. The second-order valence-electron chi connectivity index (χ2n) is 6.97. The average molecular weight is 506 g/mol. The smallest absolute Gasteiger partial charge is 0.364 e. The van der Waals surface area contributed by atoms with Crippen LogP contribution in [0.3, 0.4) is 0 Å². The summed E-state index contributed by atoms with van der Waals surface area (Å²) in [6.45, 7) is 0.0339. The molecule has 0 atom stereocenters. The van der Waals surface area contributed by atoms with Gasteiger partial charge in [-0.05, 0) is 12.1 Å². The highest BCUT2D eigenvalue weighted by Gasteiger charge is 2.35. The summed E-state index contributed by atoms with van der Waals surface area (Å²) in [6, 6.07) is 9.26. The standard InChI is InChI=1S/C20H11F5N8OS/c21-11-4-2-1-3-10(11)9-33-15(13-5-6-34-32-13)7-14(31-33)17-26-8-12(22)16(27-17)28-19-30-29-18(35-19)20(23,24)25/h1-8H,9H2,(H,26,27,28,30). The van der Waals surface area contributed by atoms with Gasteiger partial charge in [0.1, 0.15) is 23.5 Å². The SMILES string of the molecule is Fc1ccccc1Cn1nc(-c2ncc(F)c(Nc3nnc(C(F)(F)F)s3)n2)cc1-c1ccon1. The molecule has 0 unspecified atom stereocenters. The van der Waals surface area contributed by atoms with Gasteiger partial charge in [-0.2, -0.15) is 18.3 Å². The molecule has 0 fully saturated rings. The third-order valence-electron chi connectivity index (χ3n) is 4.62. The quantitative estimate of drug-likeness (QED) is 0.323. The normalized spacial score (nSPS) is 11.7. The third-order valence-corrected chi connectivity index (χ3v) is 5.51. The Morgan fingerprint density at radius 2 is 1.86 bits per heavy atom. The zero-order chi connectivity index (χ0) is 24.6. The maximum Gasteiger partial charge on any atom is 0.445 e. The van der Waals surface area contributed by atoms with Crippen LogP contribution in [-0.2, 0) is 12.7 Å². The van der Waals surface area contributed by atoms with Gasteiger partial charge in [0.2, 0.25) is 10.1 Å². The van der Waals surface area contributed by atoms with Crippen LogP contribution in [0.4, 0.5) is 32.9 Å². The Bertz CT molecular complexity index is 1480. The van der Waals surface area contributed by atoms with Crippen LogP contribution in [0, 0.1) is 11.6 Å². The molecule has 0 saturated heterocycles. The highest BCUT2D eigenvalue weighted by atomic mass is 32.1. The number of halogens is 5. The number of nitrogens with one attached hydrogen (secondary N) is 1. The molecule has 15 heteroatoms. The fourth-order valence-corrected chi connectivity index (χ4v) is 3.66. The molecule has 0 aliphatic heterocycles. The van der Waals surface area contributed by atoms with E-state index in [1.165, 1.54) is 17.0 Å². The lowest BCUT2D eigenvalue weighted by atomic mass is 10.2. The van der Waals surface area contributed by atoms with Crippen molar-refractivity contribution in [2.24, 2.45) is 0 Å². The van der Waals surface area contributed by atoms with Crippen molar-refractivity contribution in [2.75, 3.05) is 5.32 Å². The molecule has 4 aromatic heterocycles. The highest BCUT2D eigenvalue weighted by Crippen LogP contribution is 2.34. The number of hydrogen-bond acceptors (Lipinski definition) is 9. The number of benzene rings is 1. The van der Waals surface area contributed by atoms with Gasteiger partial charge in [0.15, 0.2) is 17.5 Å². The zero-order valence-electron chi connectivity index (χ0n) is 17.2. The van der Waals surface area contributed by atoms with Gasteiger partial charge in [0.25, 0.3) is 0 Å². The van der Waals surface area contributed by atoms with Crippen molar-refractivity contribution in [3.05, 3.63) is 71.1 Å². The largest absolute Gasteiger partial charge is 0.445 e. The van der Waals surface area contributed by atoms with Crippen molar-refractivity contribution in [2.45, 2.75) is 12.7 Å². The fraction of sp³-hybridized carbons (Fsp3) is 0.100. The zero-order valence-corrected chi connectivity index (χ0v) is 18.0. The van der Waals surface area contributed by atoms with Crippen LogP contribution in [0.2, 0.25) is 0 Å². The first-order valence-corrected chi connectivity index (χ1v) is 10.5. The van der Waals surface area contributed by atoms with Crippen molar-refractivity contribution >= 4 is 22.3 Å². The van der Waals surface area contributed by atoms with Gasteiger partial charge in [-0.25, -0.2) is 18.7 Å². The van der Waals surface area contributed by atoms with E-state index in [9.17, 15) is 22.0 Å². The molecule has 4 heterocycles. The molecule has 1 aromatic carbocycles. The number of nitrogens with zero attached hydrogens (tertiary/aromatic N) is 7. The lowest BCUT2D eigenvalue weighted by Gasteiger charge is -2.06. The minimum Gasteiger partial charge on any atom is -0.364 e. The van der Waals surface area contributed by atoms with E-state index in [4.69, 9.17) is 4.52 Å². The highest BCUT2D eigenvalue weighted by molar-refractivity contribution is 7.15. The summed E-state index contributed by atoms with van der Waals surface area (Å²) in [4.78, 5) is 7.96. The van der Waals surface area contributed by atoms with Crippen molar-refractivity contribution < 1.29 is 26.5 Å². The van der Waals surface area contributed by atoms with E-state index in [1.54, 1.807) is 30.3 Å². The first kappa shape index (κ1) is 22.5. The van der Waals surface area contributed by atoms with Gasteiger partial charge in [0, 0.05) is 11.6 Å². The van der Waals surface area contributed by atoms with E-state index < -0.39 is 28.6 Å². The molecule has 178 valence electrons. The fourth-order valence-electron chi connectivity index (χ4n) is 3.05. The van der Waals surface area contributed by atoms with Crippen LogP contribution in [-0.4, -0.2) is 35.1 Å². The Balaban J connectivity index is 1.50. The molecular weight excluding hydrogens is 495 g/mol. The number of alkyl halides is 3. The Morgan fingerprint density at radius 3 is 2.57 bits per heavy atom. The molecule has 0 saturated carbocycles. The van der Waals surface area contributed by atoms with Crippen LogP contribution in [0.1, 0.15) is 10.6 Å². The average Bonchev–Trinajstić information content (AvgIpc) is 3.57. The Morgan fingerprint density at radius 1 is 1.03 bits per heavy atom. The van der Waals surface area contributed by atoms with Crippen molar-refractivity contribution in [1.29, 1.82) is 0 Å². The van der Waals surface area contributed by atoms with Crippen LogP contribution in [0.25, 0.3) is 22.9 Å². The first-order valence-electron chi connectivity index (χ1n) is 9.70. The second-order valence-corrected chi connectivity index (χ2v) is 7.95. The molecular formula is C20H11F5N8OS. The molecule has 5 aromatic rings. The van der Waals surface area contributed by atoms with Gasteiger partial charge in [-0.3, -0.25) is 4.68 Å². The molecule has 5 rings (SSSR count). The Kier molecular flexibility index (Phi) is 5.68. The molecule has 9 nitrogen and oxygen atoms in total. The van der Waals surface area contributed by atoms with Crippen LogP contribution in [0.5, 0.6) is 0 Å².